The highest BCUT2D eigenvalue weighted by Crippen LogP contribution is 2.12. The number of benzene rings is 3. The van der Waals surface area contributed by atoms with Crippen LogP contribution < -0.4 is 15.6 Å². The van der Waals surface area contributed by atoms with Crippen LogP contribution >= 0.6 is 11.6 Å². The maximum Gasteiger partial charge on any atom is 0.136 e. The largest absolute Gasteiger partial charge is 0.136 e. The summed E-state index contributed by atoms with van der Waals surface area (Å²) < 4.78 is 0. The summed E-state index contributed by atoms with van der Waals surface area (Å²) in [4.78, 5) is 0. The van der Waals surface area contributed by atoms with Gasteiger partial charge in [-0.25, -0.2) is 0 Å². The van der Waals surface area contributed by atoms with Crippen LogP contribution in [0.1, 0.15) is 22.3 Å². The zero-order valence-electron chi connectivity index (χ0n) is 14.7. The average molecular weight is 351 g/mol. The lowest BCUT2D eigenvalue weighted by atomic mass is 10.1. The molecule has 0 unspecified atom stereocenters. The van der Waals surface area contributed by atoms with Crippen LogP contribution in [-0.2, 0) is 0 Å². The third-order valence-corrected chi connectivity index (χ3v) is 9.51. The molecule has 0 amide bonds. The monoisotopic (exact) mass is 350 g/mol. The fourth-order valence-electron chi connectivity index (χ4n) is 3.73. The van der Waals surface area contributed by atoms with Gasteiger partial charge in [0, 0.05) is 5.02 Å². The second-order valence-electron chi connectivity index (χ2n) is 6.57. The van der Waals surface area contributed by atoms with E-state index in [0.29, 0.717) is 0 Å². The van der Waals surface area contributed by atoms with Crippen LogP contribution in [0.5, 0.6) is 0 Å². The van der Waals surface area contributed by atoms with Gasteiger partial charge in [-0.3, -0.25) is 0 Å². The Hall–Kier alpha value is -1.83. The second kappa shape index (κ2) is 6.96. The summed E-state index contributed by atoms with van der Waals surface area (Å²) in [6.07, 6.45) is 0. The fourth-order valence-corrected chi connectivity index (χ4v) is 7.99. The zero-order chi connectivity index (χ0) is 17.3. The van der Waals surface area contributed by atoms with Crippen molar-refractivity contribution in [1.82, 2.24) is 0 Å². The zero-order valence-corrected chi connectivity index (χ0v) is 16.6. The van der Waals surface area contributed by atoms with Gasteiger partial charge in [-0.05, 0) is 49.3 Å². The van der Waals surface area contributed by atoms with Gasteiger partial charge in [0.15, 0.2) is 0 Å². The van der Waals surface area contributed by atoms with E-state index in [0.717, 1.165) is 5.02 Å². The van der Waals surface area contributed by atoms with Crippen molar-refractivity contribution in [2.24, 2.45) is 0 Å². The molecule has 0 aliphatic heterocycles. The number of halogens is 1. The first kappa shape index (κ1) is 17.0. The summed E-state index contributed by atoms with van der Waals surface area (Å²) in [5.41, 5.74) is 5.48. The van der Waals surface area contributed by atoms with Crippen LogP contribution in [0, 0.1) is 27.7 Å². The van der Waals surface area contributed by atoms with Gasteiger partial charge in [-0.15, -0.1) is 0 Å². The maximum atomic E-state index is 6.66. The molecule has 0 N–H and O–H groups in total. The lowest BCUT2D eigenvalue weighted by Crippen LogP contribution is -2.56. The van der Waals surface area contributed by atoms with Gasteiger partial charge in [0.1, 0.15) is 8.80 Å². The molecule has 0 radical (unpaired) electrons. The van der Waals surface area contributed by atoms with E-state index >= 15 is 0 Å². The SMILES string of the molecule is Cc1cccc(C)c1[SiH](c1ccccc1Cl)c1c(C)cccc1C. The molecule has 0 atom stereocenters. The van der Waals surface area contributed by atoms with E-state index in [1.165, 1.54) is 37.8 Å². The molecule has 0 aromatic heterocycles. The molecule has 3 aromatic carbocycles. The molecule has 122 valence electrons. The van der Waals surface area contributed by atoms with Crippen LogP contribution in [0.15, 0.2) is 60.7 Å². The molecule has 0 heterocycles. The highest BCUT2D eigenvalue weighted by Gasteiger charge is 2.26. The van der Waals surface area contributed by atoms with Crippen LogP contribution in [0.3, 0.4) is 0 Å². The van der Waals surface area contributed by atoms with Gasteiger partial charge in [0.25, 0.3) is 0 Å². The summed E-state index contributed by atoms with van der Waals surface area (Å²) in [6, 6.07) is 21.6. The molecule has 0 spiro atoms. The molecule has 3 rings (SSSR count). The molecule has 0 aliphatic rings. The van der Waals surface area contributed by atoms with Gasteiger partial charge >= 0.3 is 0 Å². The molecule has 0 fully saturated rings. The van der Waals surface area contributed by atoms with E-state index in [4.69, 9.17) is 11.6 Å². The van der Waals surface area contributed by atoms with E-state index < -0.39 is 8.80 Å². The third-order valence-electron chi connectivity index (χ3n) is 4.88. The molecule has 0 bridgehead atoms. The Morgan fingerprint density at radius 1 is 0.583 bits per heavy atom. The summed E-state index contributed by atoms with van der Waals surface area (Å²) in [6.45, 7) is 8.92. The number of hydrogen-bond donors (Lipinski definition) is 0. The molecule has 0 saturated heterocycles. The minimum atomic E-state index is -1.64. The predicted molar refractivity (Wildman–Crippen MR) is 109 cm³/mol. The number of rotatable bonds is 3. The van der Waals surface area contributed by atoms with Crippen molar-refractivity contribution in [2.45, 2.75) is 27.7 Å². The Balaban J connectivity index is 2.37. The van der Waals surface area contributed by atoms with E-state index in [2.05, 4.69) is 76.2 Å². The fraction of sp³-hybridized carbons (Fsp3) is 0.182. The van der Waals surface area contributed by atoms with Crippen molar-refractivity contribution in [1.29, 1.82) is 0 Å². The summed E-state index contributed by atoms with van der Waals surface area (Å²) in [7, 11) is -1.64. The lowest BCUT2D eigenvalue weighted by Gasteiger charge is -2.25. The topological polar surface area (TPSA) is 0 Å². The maximum absolute atomic E-state index is 6.66. The molecular formula is C22H23ClSi. The summed E-state index contributed by atoms with van der Waals surface area (Å²) in [5.74, 6) is 0. The molecule has 0 nitrogen and oxygen atoms in total. The third kappa shape index (κ3) is 3.06. The summed E-state index contributed by atoms with van der Waals surface area (Å²) >= 11 is 6.66. The highest BCUT2D eigenvalue weighted by atomic mass is 35.5. The van der Waals surface area contributed by atoms with Crippen molar-refractivity contribution in [3.05, 3.63) is 87.9 Å². The van der Waals surface area contributed by atoms with Crippen molar-refractivity contribution in [3.8, 4) is 0 Å². The molecule has 24 heavy (non-hydrogen) atoms. The first-order valence-corrected chi connectivity index (χ1v) is 10.5. The Morgan fingerprint density at radius 3 is 1.42 bits per heavy atom. The highest BCUT2D eigenvalue weighted by molar-refractivity contribution is 6.97. The molecule has 3 aromatic rings. The van der Waals surface area contributed by atoms with Crippen LogP contribution in [0.4, 0.5) is 0 Å². The Labute approximate surface area is 151 Å². The first-order valence-electron chi connectivity index (χ1n) is 8.37. The van der Waals surface area contributed by atoms with Gasteiger partial charge in [0.05, 0.1) is 0 Å². The predicted octanol–water partition coefficient (Wildman–Crippen LogP) is 3.82. The molecule has 2 heteroatoms. The van der Waals surface area contributed by atoms with E-state index in [-0.39, 0.29) is 0 Å². The van der Waals surface area contributed by atoms with Crippen LogP contribution in [0.2, 0.25) is 5.02 Å². The van der Waals surface area contributed by atoms with Crippen molar-refractivity contribution in [2.75, 3.05) is 0 Å². The molecular weight excluding hydrogens is 328 g/mol. The summed E-state index contributed by atoms with van der Waals surface area (Å²) in [5, 5.41) is 5.21. The van der Waals surface area contributed by atoms with Gasteiger partial charge < -0.3 is 0 Å². The Bertz CT molecular complexity index is 791. The number of hydrogen-bond acceptors (Lipinski definition) is 0. The van der Waals surface area contributed by atoms with Crippen molar-refractivity contribution >= 4 is 36.0 Å². The number of aryl methyl sites for hydroxylation is 4. The normalized spacial score (nSPS) is 11.1. The smallest absolute Gasteiger partial charge is 0.0845 e. The minimum Gasteiger partial charge on any atom is -0.0845 e. The standard InChI is InChI=1S/C22H23ClSi/c1-15-9-7-10-16(2)21(15)24(20-14-6-5-13-19(20)23)22-17(3)11-8-12-18(22)4/h5-14,24H,1-4H3. The van der Waals surface area contributed by atoms with E-state index in [1.54, 1.807) is 0 Å². The second-order valence-corrected chi connectivity index (χ2v) is 9.62. The Morgan fingerprint density at radius 2 is 1.00 bits per heavy atom. The molecule has 0 saturated carbocycles. The quantitative estimate of drug-likeness (QED) is 0.497. The molecule has 0 aliphatic carbocycles. The van der Waals surface area contributed by atoms with Crippen LogP contribution in [-0.4, -0.2) is 8.80 Å². The minimum absolute atomic E-state index is 0.888. The van der Waals surface area contributed by atoms with Crippen molar-refractivity contribution < 1.29 is 0 Å². The van der Waals surface area contributed by atoms with Gasteiger partial charge in [-0.1, -0.05) is 88.5 Å². The average Bonchev–Trinajstić information content (AvgIpc) is 2.53. The van der Waals surface area contributed by atoms with E-state index in [1.807, 2.05) is 12.1 Å². The Kier molecular flexibility index (Phi) is 4.93. The first-order chi connectivity index (χ1) is 11.5. The van der Waals surface area contributed by atoms with Gasteiger partial charge in [-0.2, -0.15) is 0 Å². The van der Waals surface area contributed by atoms with E-state index in [9.17, 15) is 0 Å². The van der Waals surface area contributed by atoms with Crippen LogP contribution in [0.25, 0.3) is 0 Å². The lowest BCUT2D eigenvalue weighted by molar-refractivity contribution is 1.41. The van der Waals surface area contributed by atoms with Gasteiger partial charge in [0.2, 0.25) is 0 Å². The van der Waals surface area contributed by atoms with Crippen molar-refractivity contribution in [3.63, 3.8) is 0 Å².